The van der Waals surface area contributed by atoms with Gasteiger partial charge in [-0.1, -0.05) is 71.4 Å². The topological polar surface area (TPSA) is 20.2 Å². The lowest BCUT2D eigenvalue weighted by Crippen LogP contribution is -2.36. The molecule has 1 aliphatic rings. The number of hydrogen-bond acceptors (Lipinski definition) is 1. The first-order chi connectivity index (χ1) is 9.60. The van der Waals surface area contributed by atoms with Gasteiger partial charge < -0.3 is 5.11 Å². The highest BCUT2D eigenvalue weighted by molar-refractivity contribution is 5.07. The summed E-state index contributed by atoms with van der Waals surface area (Å²) in [5.74, 6) is 0.664. The summed E-state index contributed by atoms with van der Waals surface area (Å²) in [5, 5.41) is 10.7. The van der Waals surface area contributed by atoms with Crippen molar-refractivity contribution in [3.05, 3.63) is 12.2 Å². The molecule has 0 saturated heterocycles. The smallest absolute Gasteiger partial charge is 0.0630 e. The largest absolute Gasteiger partial charge is 0.392 e. The monoisotopic (exact) mass is 280 g/mol. The lowest BCUT2D eigenvalue weighted by Gasteiger charge is -2.39. The second-order valence-corrected chi connectivity index (χ2v) is 7.20. The van der Waals surface area contributed by atoms with Crippen molar-refractivity contribution in [1.29, 1.82) is 0 Å². The predicted molar refractivity (Wildman–Crippen MR) is 88.9 cm³/mol. The second-order valence-electron chi connectivity index (χ2n) is 7.20. The Balaban J connectivity index is 2.38. The molecule has 0 fully saturated rings. The molecule has 0 amide bonds. The van der Waals surface area contributed by atoms with Crippen molar-refractivity contribution < 1.29 is 5.11 Å². The lowest BCUT2D eigenvalue weighted by atomic mass is 9.68. The molecule has 1 nitrogen and oxygen atoms in total. The molecule has 0 aliphatic heterocycles. The highest BCUT2D eigenvalue weighted by atomic mass is 16.3. The maximum Gasteiger partial charge on any atom is 0.0630 e. The van der Waals surface area contributed by atoms with E-state index in [1.165, 1.54) is 57.8 Å². The fourth-order valence-electron chi connectivity index (χ4n) is 3.70. The fourth-order valence-corrected chi connectivity index (χ4v) is 3.70. The number of allylic oxidation sites excluding steroid dienone is 1. The van der Waals surface area contributed by atoms with Crippen LogP contribution in [0.2, 0.25) is 0 Å². The molecule has 20 heavy (non-hydrogen) atoms. The summed E-state index contributed by atoms with van der Waals surface area (Å²) < 4.78 is 0. The molecule has 0 heterocycles. The Hall–Kier alpha value is -0.300. The Bertz CT molecular complexity index is 269. The summed E-state index contributed by atoms with van der Waals surface area (Å²) in [5.41, 5.74) is 0.0792. The Kier molecular flexibility index (Phi) is 8.52. The lowest BCUT2D eigenvalue weighted by molar-refractivity contribution is 0.0246. The van der Waals surface area contributed by atoms with Crippen LogP contribution in [0.5, 0.6) is 0 Å². The quantitative estimate of drug-likeness (QED) is 0.392. The van der Waals surface area contributed by atoms with E-state index >= 15 is 0 Å². The van der Waals surface area contributed by atoms with Crippen molar-refractivity contribution in [2.45, 2.75) is 97.5 Å². The highest BCUT2D eigenvalue weighted by Crippen LogP contribution is 2.41. The number of unbranched alkanes of at least 4 members (excludes halogenated alkanes) is 5. The molecule has 2 atom stereocenters. The van der Waals surface area contributed by atoms with E-state index in [1.807, 2.05) is 0 Å². The first kappa shape index (κ1) is 17.8. The van der Waals surface area contributed by atoms with Crippen molar-refractivity contribution in [1.82, 2.24) is 0 Å². The van der Waals surface area contributed by atoms with Crippen LogP contribution < -0.4 is 0 Å². The zero-order valence-electron chi connectivity index (χ0n) is 14.0. The minimum Gasteiger partial charge on any atom is -0.392 e. The first-order valence-electron chi connectivity index (χ1n) is 8.96. The summed E-state index contributed by atoms with van der Waals surface area (Å²) in [6.45, 7) is 6.82. The van der Waals surface area contributed by atoms with Gasteiger partial charge in [-0.2, -0.15) is 0 Å². The van der Waals surface area contributed by atoms with E-state index in [9.17, 15) is 5.11 Å². The van der Waals surface area contributed by atoms with Gasteiger partial charge in [0.15, 0.2) is 0 Å². The molecule has 1 aliphatic carbocycles. The average molecular weight is 280 g/mol. The molecule has 1 N–H and O–H groups in total. The van der Waals surface area contributed by atoms with Crippen molar-refractivity contribution >= 4 is 0 Å². The minimum atomic E-state index is -0.132. The van der Waals surface area contributed by atoms with E-state index in [1.54, 1.807) is 0 Å². The molecule has 0 saturated carbocycles. The zero-order valence-corrected chi connectivity index (χ0v) is 14.0. The van der Waals surface area contributed by atoms with Gasteiger partial charge in [-0.15, -0.1) is 0 Å². The van der Waals surface area contributed by atoms with Gasteiger partial charge in [-0.3, -0.25) is 0 Å². The molecule has 1 rings (SSSR count). The van der Waals surface area contributed by atoms with Crippen LogP contribution in [0.3, 0.4) is 0 Å². The van der Waals surface area contributed by atoms with Gasteiger partial charge >= 0.3 is 0 Å². The Morgan fingerprint density at radius 3 is 2.40 bits per heavy atom. The van der Waals surface area contributed by atoms with Gasteiger partial charge in [0.05, 0.1) is 6.10 Å². The maximum absolute atomic E-state index is 10.7. The molecule has 0 bridgehead atoms. The maximum atomic E-state index is 10.7. The molecular weight excluding hydrogens is 244 g/mol. The van der Waals surface area contributed by atoms with Crippen LogP contribution in [0.15, 0.2) is 12.2 Å². The molecule has 0 radical (unpaired) electrons. The second kappa shape index (κ2) is 9.60. The van der Waals surface area contributed by atoms with Crippen LogP contribution in [-0.2, 0) is 0 Å². The first-order valence-corrected chi connectivity index (χ1v) is 8.96. The highest BCUT2D eigenvalue weighted by Gasteiger charge is 2.36. The molecule has 0 aromatic rings. The summed E-state index contributed by atoms with van der Waals surface area (Å²) in [7, 11) is 0. The third-order valence-electron chi connectivity index (χ3n) is 4.75. The van der Waals surface area contributed by atoms with Crippen molar-refractivity contribution in [3.8, 4) is 0 Å². The molecule has 0 spiro atoms. The summed E-state index contributed by atoms with van der Waals surface area (Å²) in [6, 6.07) is 0. The fraction of sp³-hybridized carbons (Fsp3) is 0.895. The minimum absolute atomic E-state index is 0.0792. The number of aliphatic hydroxyl groups is 1. The SMILES string of the molecule is CCCCCCCC[C@@H](O)[C@@]1(CC(C)C)C=CCCC1. The Labute approximate surface area is 126 Å². The van der Waals surface area contributed by atoms with Crippen LogP contribution >= 0.6 is 0 Å². The summed E-state index contributed by atoms with van der Waals surface area (Å²) in [6.07, 6.45) is 18.1. The van der Waals surface area contributed by atoms with Crippen molar-refractivity contribution in [2.24, 2.45) is 11.3 Å². The standard InChI is InChI=1S/C19H36O/c1-4-5-6-7-8-10-13-18(20)19(16-17(2)3)14-11-9-12-15-19/h11,14,17-18,20H,4-10,12-13,15-16H2,1-3H3/t18-,19+/m1/s1. The summed E-state index contributed by atoms with van der Waals surface area (Å²) >= 11 is 0. The van der Waals surface area contributed by atoms with Gasteiger partial charge in [0.2, 0.25) is 0 Å². The molecule has 0 aromatic carbocycles. The zero-order chi connectivity index (χ0) is 14.8. The van der Waals surface area contributed by atoms with Crippen molar-refractivity contribution in [3.63, 3.8) is 0 Å². The van der Waals surface area contributed by atoms with E-state index in [2.05, 4.69) is 32.9 Å². The summed E-state index contributed by atoms with van der Waals surface area (Å²) in [4.78, 5) is 0. The van der Waals surface area contributed by atoms with E-state index in [0.717, 1.165) is 12.8 Å². The van der Waals surface area contributed by atoms with E-state index < -0.39 is 0 Å². The van der Waals surface area contributed by atoms with Crippen LogP contribution in [0.25, 0.3) is 0 Å². The van der Waals surface area contributed by atoms with E-state index in [4.69, 9.17) is 0 Å². The molecule has 0 aromatic heterocycles. The van der Waals surface area contributed by atoms with E-state index in [-0.39, 0.29) is 11.5 Å². The molecule has 1 heteroatoms. The number of hydrogen-bond donors (Lipinski definition) is 1. The van der Waals surface area contributed by atoms with Crippen LogP contribution in [-0.4, -0.2) is 11.2 Å². The van der Waals surface area contributed by atoms with Crippen LogP contribution in [0.4, 0.5) is 0 Å². The molecule has 118 valence electrons. The normalized spacial score (nSPS) is 24.2. The van der Waals surface area contributed by atoms with Gasteiger partial charge in [0.1, 0.15) is 0 Å². The van der Waals surface area contributed by atoms with Gasteiger partial charge in [0.25, 0.3) is 0 Å². The Morgan fingerprint density at radius 1 is 1.10 bits per heavy atom. The number of rotatable bonds is 10. The van der Waals surface area contributed by atoms with Gasteiger partial charge in [-0.05, 0) is 38.0 Å². The van der Waals surface area contributed by atoms with Crippen molar-refractivity contribution in [2.75, 3.05) is 0 Å². The van der Waals surface area contributed by atoms with Gasteiger partial charge in [0, 0.05) is 5.41 Å². The van der Waals surface area contributed by atoms with Gasteiger partial charge in [-0.25, -0.2) is 0 Å². The average Bonchev–Trinajstić information content (AvgIpc) is 2.42. The Morgan fingerprint density at radius 2 is 1.80 bits per heavy atom. The molecule has 0 unspecified atom stereocenters. The number of aliphatic hydroxyl groups excluding tert-OH is 1. The molecular formula is C19H36O. The van der Waals surface area contributed by atoms with Crippen LogP contribution in [0.1, 0.15) is 91.4 Å². The predicted octanol–water partition coefficient (Wildman–Crippen LogP) is 5.87. The third-order valence-corrected chi connectivity index (χ3v) is 4.75. The third kappa shape index (κ3) is 5.99. The van der Waals surface area contributed by atoms with E-state index in [0.29, 0.717) is 5.92 Å². The van der Waals surface area contributed by atoms with Crippen LogP contribution in [0, 0.1) is 11.3 Å².